The molecule has 1 aliphatic rings. The molecule has 13 heavy (non-hydrogen) atoms. The van der Waals surface area contributed by atoms with Gasteiger partial charge in [-0.1, -0.05) is 40.0 Å². The first kappa shape index (κ1) is 11.0. The molecular weight excluding hydrogens is 158 g/mol. The number of hydrogen-bond acceptors (Lipinski definition) is 1. The summed E-state index contributed by atoms with van der Waals surface area (Å²) in [5, 5.41) is 3.45. The minimum absolute atomic E-state index is 0.709. The second-order valence-corrected chi connectivity index (χ2v) is 5.07. The van der Waals surface area contributed by atoms with E-state index in [4.69, 9.17) is 0 Å². The third kappa shape index (κ3) is 2.98. The Bertz CT molecular complexity index is 138. The third-order valence-corrected chi connectivity index (χ3v) is 3.59. The van der Waals surface area contributed by atoms with Gasteiger partial charge in [-0.25, -0.2) is 0 Å². The Hall–Kier alpha value is -0.0400. The minimum atomic E-state index is 0.709. The summed E-state index contributed by atoms with van der Waals surface area (Å²) in [6.45, 7) is 7.04. The van der Waals surface area contributed by atoms with Gasteiger partial charge in [0.1, 0.15) is 0 Å². The van der Waals surface area contributed by atoms with E-state index in [1.165, 1.54) is 25.7 Å². The largest absolute Gasteiger partial charge is 0.316 e. The summed E-state index contributed by atoms with van der Waals surface area (Å²) in [7, 11) is 2.10. The summed E-state index contributed by atoms with van der Waals surface area (Å²) in [6.07, 6.45) is 5.88. The second kappa shape index (κ2) is 4.99. The summed E-state index contributed by atoms with van der Waals surface area (Å²) in [5.41, 5.74) is 0. The number of hydrogen-bond donors (Lipinski definition) is 1. The molecule has 2 atom stereocenters. The van der Waals surface area contributed by atoms with E-state index in [0.29, 0.717) is 6.04 Å². The van der Waals surface area contributed by atoms with E-state index in [-0.39, 0.29) is 0 Å². The highest BCUT2D eigenvalue weighted by molar-refractivity contribution is 4.80. The van der Waals surface area contributed by atoms with Gasteiger partial charge in [0.15, 0.2) is 0 Å². The zero-order valence-corrected chi connectivity index (χ0v) is 9.64. The molecule has 78 valence electrons. The van der Waals surface area contributed by atoms with Crippen molar-refractivity contribution in [1.82, 2.24) is 5.32 Å². The van der Waals surface area contributed by atoms with Crippen molar-refractivity contribution in [3.63, 3.8) is 0 Å². The maximum absolute atomic E-state index is 3.45. The second-order valence-electron chi connectivity index (χ2n) is 5.07. The van der Waals surface area contributed by atoms with Gasteiger partial charge in [-0.3, -0.25) is 0 Å². The predicted octanol–water partition coefficient (Wildman–Crippen LogP) is 3.06. The van der Waals surface area contributed by atoms with Gasteiger partial charge in [0.2, 0.25) is 0 Å². The molecule has 1 fully saturated rings. The normalized spacial score (nSPS) is 22.8. The average molecular weight is 183 g/mol. The molecule has 0 radical (unpaired) electrons. The van der Waals surface area contributed by atoms with E-state index in [9.17, 15) is 0 Å². The first-order valence-corrected chi connectivity index (χ1v) is 5.82. The van der Waals surface area contributed by atoms with E-state index in [0.717, 1.165) is 17.8 Å². The van der Waals surface area contributed by atoms with Gasteiger partial charge in [-0.15, -0.1) is 0 Å². The number of nitrogens with one attached hydrogen (secondary N) is 1. The van der Waals surface area contributed by atoms with Crippen molar-refractivity contribution in [3.05, 3.63) is 0 Å². The quantitative estimate of drug-likeness (QED) is 0.691. The average Bonchev–Trinajstić information content (AvgIpc) is 1.97. The molecule has 0 bridgehead atoms. The molecule has 1 N–H and O–H groups in total. The van der Waals surface area contributed by atoms with Crippen molar-refractivity contribution < 1.29 is 0 Å². The maximum Gasteiger partial charge on any atom is 0.0113 e. The standard InChI is InChI=1S/C12H25N/c1-9(2)12(13-4)10(3)8-11-6-5-7-11/h9-13H,5-8H2,1-4H3. The van der Waals surface area contributed by atoms with Gasteiger partial charge in [-0.05, 0) is 31.2 Å². The van der Waals surface area contributed by atoms with Crippen LogP contribution in [0.4, 0.5) is 0 Å². The summed E-state index contributed by atoms with van der Waals surface area (Å²) in [5.74, 6) is 2.65. The van der Waals surface area contributed by atoms with Crippen molar-refractivity contribution in [2.75, 3.05) is 7.05 Å². The molecule has 1 rings (SSSR count). The zero-order valence-electron chi connectivity index (χ0n) is 9.64. The van der Waals surface area contributed by atoms with Crippen LogP contribution in [0.25, 0.3) is 0 Å². The molecule has 0 saturated heterocycles. The Labute approximate surface area is 83.3 Å². The fraction of sp³-hybridized carbons (Fsp3) is 1.00. The molecule has 0 amide bonds. The summed E-state index contributed by atoms with van der Waals surface area (Å²) in [6, 6.07) is 0.709. The van der Waals surface area contributed by atoms with E-state index in [1.807, 2.05) is 0 Å². The lowest BCUT2D eigenvalue weighted by atomic mass is 9.76. The highest BCUT2D eigenvalue weighted by Crippen LogP contribution is 2.33. The first-order valence-electron chi connectivity index (χ1n) is 5.82. The fourth-order valence-electron chi connectivity index (χ4n) is 2.68. The van der Waals surface area contributed by atoms with Crippen molar-refractivity contribution in [2.45, 2.75) is 52.5 Å². The van der Waals surface area contributed by atoms with Gasteiger partial charge >= 0.3 is 0 Å². The van der Waals surface area contributed by atoms with Gasteiger partial charge in [0, 0.05) is 6.04 Å². The van der Waals surface area contributed by atoms with Crippen LogP contribution in [0.1, 0.15) is 46.5 Å². The molecular formula is C12H25N. The van der Waals surface area contributed by atoms with E-state index < -0.39 is 0 Å². The Balaban J connectivity index is 2.29. The molecule has 0 spiro atoms. The first-order chi connectivity index (χ1) is 6.15. The van der Waals surface area contributed by atoms with Crippen molar-refractivity contribution >= 4 is 0 Å². The smallest absolute Gasteiger partial charge is 0.0113 e. The predicted molar refractivity (Wildman–Crippen MR) is 58.8 cm³/mol. The fourth-order valence-corrected chi connectivity index (χ4v) is 2.68. The molecule has 0 aromatic rings. The molecule has 0 heterocycles. The molecule has 2 unspecified atom stereocenters. The third-order valence-electron chi connectivity index (χ3n) is 3.59. The van der Waals surface area contributed by atoms with Crippen molar-refractivity contribution in [2.24, 2.45) is 17.8 Å². The van der Waals surface area contributed by atoms with Crippen LogP contribution in [0.5, 0.6) is 0 Å². The van der Waals surface area contributed by atoms with Crippen LogP contribution in [0.2, 0.25) is 0 Å². The summed E-state index contributed by atoms with van der Waals surface area (Å²) in [4.78, 5) is 0. The Morgan fingerprint density at radius 1 is 1.23 bits per heavy atom. The Morgan fingerprint density at radius 2 is 1.85 bits per heavy atom. The van der Waals surface area contributed by atoms with E-state index >= 15 is 0 Å². The van der Waals surface area contributed by atoms with Crippen LogP contribution in [0.3, 0.4) is 0 Å². The van der Waals surface area contributed by atoms with Crippen LogP contribution in [0, 0.1) is 17.8 Å². The molecule has 1 aliphatic carbocycles. The highest BCUT2D eigenvalue weighted by atomic mass is 14.9. The SMILES string of the molecule is CNC(C(C)C)C(C)CC1CCC1. The molecule has 0 aliphatic heterocycles. The summed E-state index contributed by atoms with van der Waals surface area (Å²) < 4.78 is 0. The van der Waals surface area contributed by atoms with Gasteiger partial charge < -0.3 is 5.32 Å². The molecule has 1 heteroatoms. The maximum atomic E-state index is 3.45. The summed E-state index contributed by atoms with van der Waals surface area (Å²) >= 11 is 0. The van der Waals surface area contributed by atoms with Crippen LogP contribution in [0.15, 0.2) is 0 Å². The molecule has 0 aromatic heterocycles. The lowest BCUT2D eigenvalue weighted by molar-refractivity contribution is 0.208. The zero-order chi connectivity index (χ0) is 9.84. The molecule has 0 aromatic carbocycles. The number of rotatable bonds is 5. The van der Waals surface area contributed by atoms with Gasteiger partial charge in [0.25, 0.3) is 0 Å². The lowest BCUT2D eigenvalue weighted by Gasteiger charge is -2.33. The van der Waals surface area contributed by atoms with Gasteiger partial charge in [0.05, 0.1) is 0 Å². The Kier molecular flexibility index (Phi) is 4.24. The molecule has 1 nitrogen and oxygen atoms in total. The Morgan fingerprint density at radius 3 is 2.15 bits per heavy atom. The van der Waals surface area contributed by atoms with Crippen molar-refractivity contribution in [3.8, 4) is 0 Å². The minimum Gasteiger partial charge on any atom is -0.316 e. The highest BCUT2D eigenvalue weighted by Gasteiger charge is 2.25. The van der Waals surface area contributed by atoms with Crippen LogP contribution >= 0.6 is 0 Å². The van der Waals surface area contributed by atoms with E-state index in [2.05, 4.69) is 33.1 Å². The lowest BCUT2D eigenvalue weighted by Crippen LogP contribution is -2.38. The van der Waals surface area contributed by atoms with E-state index in [1.54, 1.807) is 0 Å². The van der Waals surface area contributed by atoms with Gasteiger partial charge in [-0.2, -0.15) is 0 Å². The van der Waals surface area contributed by atoms with Crippen LogP contribution in [-0.4, -0.2) is 13.1 Å². The van der Waals surface area contributed by atoms with Crippen LogP contribution in [-0.2, 0) is 0 Å². The molecule has 1 saturated carbocycles. The topological polar surface area (TPSA) is 12.0 Å². The van der Waals surface area contributed by atoms with Crippen molar-refractivity contribution in [1.29, 1.82) is 0 Å². The monoisotopic (exact) mass is 183 g/mol. The van der Waals surface area contributed by atoms with Crippen LogP contribution < -0.4 is 5.32 Å².